The smallest absolute Gasteiger partial charge is 0.131 e. The Morgan fingerprint density at radius 1 is 1.00 bits per heavy atom. The molecule has 2 aromatic rings. The minimum absolute atomic E-state index is 0.460. The van der Waals surface area contributed by atoms with Crippen molar-refractivity contribution in [2.75, 3.05) is 0 Å². The highest BCUT2D eigenvalue weighted by molar-refractivity contribution is 6.17. The molecule has 0 aliphatic carbocycles. The molecule has 2 aromatic carbocycles. The fourth-order valence-corrected chi connectivity index (χ4v) is 2.25. The van der Waals surface area contributed by atoms with Crippen LogP contribution in [0, 0.1) is 0 Å². The lowest BCUT2D eigenvalue weighted by Gasteiger charge is -2.16. The molecular formula is C17H19ClO. The molecule has 0 aromatic heterocycles. The number of para-hydroxylation sites is 2. The van der Waals surface area contributed by atoms with Gasteiger partial charge < -0.3 is 4.74 Å². The Morgan fingerprint density at radius 3 is 2.32 bits per heavy atom. The Bertz CT molecular complexity index is 536. The number of alkyl halides is 1. The second-order valence-corrected chi connectivity index (χ2v) is 4.96. The van der Waals surface area contributed by atoms with Crippen molar-refractivity contribution >= 4 is 11.6 Å². The topological polar surface area (TPSA) is 9.23 Å². The predicted octanol–water partition coefficient (Wildman–Crippen LogP) is 5.73. The van der Waals surface area contributed by atoms with Crippen molar-refractivity contribution in [1.29, 1.82) is 0 Å². The van der Waals surface area contributed by atoms with Gasteiger partial charge in [-0.2, -0.15) is 0 Å². The highest BCUT2D eigenvalue weighted by Crippen LogP contribution is 2.33. The molecule has 0 heterocycles. The predicted molar refractivity (Wildman–Crippen MR) is 81.2 cm³/mol. The van der Waals surface area contributed by atoms with Crippen LogP contribution in [-0.4, -0.2) is 0 Å². The molecule has 0 aliphatic rings. The van der Waals surface area contributed by atoms with Gasteiger partial charge in [0.1, 0.15) is 11.5 Å². The first kappa shape index (κ1) is 14.0. The molecule has 0 amide bonds. The van der Waals surface area contributed by atoms with E-state index in [1.807, 2.05) is 36.4 Å². The minimum atomic E-state index is 0.460. The van der Waals surface area contributed by atoms with Gasteiger partial charge in [-0.1, -0.05) is 50.2 Å². The fourth-order valence-electron chi connectivity index (χ4n) is 2.03. The molecule has 0 saturated heterocycles. The van der Waals surface area contributed by atoms with Gasteiger partial charge in [-0.3, -0.25) is 0 Å². The molecule has 0 bridgehead atoms. The molecule has 19 heavy (non-hydrogen) atoms. The van der Waals surface area contributed by atoms with Crippen LogP contribution in [0.1, 0.15) is 37.3 Å². The van der Waals surface area contributed by atoms with Gasteiger partial charge in [0.25, 0.3) is 0 Å². The highest BCUT2D eigenvalue weighted by Gasteiger charge is 2.11. The highest BCUT2D eigenvalue weighted by atomic mass is 35.5. The summed E-state index contributed by atoms with van der Waals surface area (Å²) in [5.41, 5.74) is 2.26. The Morgan fingerprint density at radius 2 is 1.63 bits per heavy atom. The maximum absolute atomic E-state index is 6.07. The van der Waals surface area contributed by atoms with Crippen LogP contribution in [-0.2, 0) is 5.88 Å². The number of halogens is 1. The summed E-state index contributed by atoms with van der Waals surface area (Å²) >= 11 is 5.95. The van der Waals surface area contributed by atoms with Crippen molar-refractivity contribution in [3.63, 3.8) is 0 Å². The van der Waals surface area contributed by atoms with Gasteiger partial charge in [0.05, 0.1) is 5.88 Å². The zero-order valence-corrected chi connectivity index (χ0v) is 12.2. The molecular weight excluding hydrogens is 256 g/mol. The average molecular weight is 275 g/mol. The Balaban J connectivity index is 2.33. The third-order valence-electron chi connectivity index (χ3n) is 3.40. The largest absolute Gasteiger partial charge is 0.457 e. The summed E-state index contributed by atoms with van der Waals surface area (Å²) in [5, 5.41) is 0. The zero-order valence-electron chi connectivity index (χ0n) is 11.4. The summed E-state index contributed by atoms with van der Waals surface area (Å²) in [4.78, 5) is 0. The summed E-state index contributed by atoms with van der Waals surface area (Å²) in [7, 11) is 0. The molecule has 0 fully saturated rings. The normalized spacial score (nSPS) is 12.2. The Hall–Kier alpha value is -1.47. The molecule has 1 unspecified atom stereocenters. The van der Waals surface area contributed by atoms with E-state index in [4.69, 9.17) is 16.3 Å². The molecule has 0 N–H and O–H groups in total. The molecule has 0 aliphatic heterocycles. The molecule has 2 heteroatoms. The first-order chi connectivity index (χ1) is 9.26. The van der Waals surface area contributed by atoms with E-state index in [2.05, 4.69) is 26.0 Å². The van der Waals surface area contributed by atoms with Crippen molar-refractivity contribution in [1.82, 2.24) is 0 Å². The molecule has 0 saturated carbocycles. The molecule has 0 spiro atoms. The Labute approximate surface area is 120 Å². The van der Waals surface area contributed by atoms with Gasteiger partial charge in [0.15, 0.2) is 0 Å². The van der Waals surface area contributed by atoms with Crippen molar-refractivity contribution in [2.45, 2.75) is 32.1 Å². The SMILES string of the molecule is CCC(C)c1ccccc1Oc1ccccc1CCl. The van der Waals surface area contributed by atoms with Gasteiger partial charge in [0.2, 0.25) is 0 Å². The van der Waals surface area contributed by atoms with Crippen molar-refractivity contribution in [2.24, 2.45) is 0 Å². The van der Waals surface area contributed by atoms with Crippen LogP contribution in [0.3, 0.4) is 0 Å². The van der Waals surface area contributed by atoms with Crippen LogP contribution in [0.15, 0.2) is 48.5 Å². The monoisotopic (exact) mass is 274 g/mol. The summed E-state index contributed by atoms with van der Waals surface area (Å²) in [6.45, 7) is 4.41. The second-order valence-electron chi connectivity index (χ2n) is 4.69. The molecule has 1 nitrogen and oxygen atoms in total. The molecule has 0 radical (unpaired) electrons. The van der Waals surface area contributed by atoms with Gasteiger partial charge in [-0.25, -0.2) is 0 Å². The van der Waals surface area contributed by atoms with Crippen molar-refractivity contribution in [3.05, 3.63) is 59.7 Å². The molecule has 100 valence electrons. The van der Waals surface area contributed by atoms with Crippen LogP contribution in [0.25, 0.3) is 0 Å². The van der Waals surface area contributed by atoms with Crippen LogP contribution < -0.4 is 4.74 Å². The molecule has 1 atom stereocenters. The summed E-state index contributed by atoms with van der Waals surface area (Å²) < 4.78 is 6.07. The number of hydrogen-bond donors (Lipinski definition) is 0. The van der Waals surface area contributed by atoms with Crippen LogP contribution in [0.5, 0.6) is 11.5 Å². The summed E-state index contributed by atoms with van der Waals surface area (Å²) in [5.74, 6) is 2.71. The minimum Gasteiger partial charge on any atom is -0.457 e. The van der Waals surface area contributed by atoms with E-state index < -0.39 is 0 Å². The lowest BCUT2D eigenvalue weighted by Crippen LogP contribution is -1.97. The van der Waals surface area contributed by atoms with E-state index in [0.29, 0.717) is 11.8 Å². The van der Waals surface area contributed by atoms with E-state index in [0.717, 1.165) is 23.5 Å². The van der Waals surface area contributed by atoms with Gasteiger partial charge in [0, 0.05) is 5.56 Å². The maximum Gasteiger partial charge on any atom is 0.131 e. The third-order valence-corrected chi connectivity index (χ3v) is 3.69. The first-order valence-corrected chi connectivity index (χ1v) is 7.20. The van der Waals surface area contributed by atoms with E-state index in [9.17, 15) is 0 Å². The van der Waals surface area contributed by atoms with E-state index in [-0.39, 0.29) is 0 Å². The van der Waals surface area contributed by atoms with Gasteiger partial charge >= 0.3 is 0 Å². The van der Waals surface area contributed by atoms with E-state index in [1.165, 1.54) is 5.56 Å². The lowest BCUT2D eigenvalue weighted by atomic mass is 9.98. The van der Waals surface area contributed by atoms with Crippen LogP contribution >= 0.6 is 11.6 Å². The van der Waals surface area contributed by atoms with Gasteiger partial charge in [-0.15, -0.1) is 11.6 Å². The standard InChI is InChI=1S/C17H19ClO/c1-3-13(2)15-9-5-7-11-17(15)19-16-10-6-4-8-14(16)12-18/h4-11,13H,3,12H2,1-2H3. The second kappa shape index (κ2) is 6.63. The van der Waals surface area contributed by atoms with E-state index >= 15 is 0 Å². The average Bonchev–Trinajstić information content (AvgIpc) is 2.47. The van der Waals surface area contributed by atoms with Gasteiger partial charge in [-0.05, 0) is 30.0 Å². The zero-order chi connectivity index (χ0) is 13.7. The molecule has 2 rings (SSSR count). The fraction of sp³-hybridized carbons (Fsp3) is 0.294. The maximum atomic E-state index is 6.07. The third kappa shape index (κ3) is 3.30. The number of benzene rings is 2. The Kier molecular flexibility index (Phi) is 4.86. The van der Waals surface area contributed by atoms with Crippen LogP contribution in [0.2, 0.25) is 0 Å². The first-order valence-electron chi connectivity index (χ1n) is 6.67. The lowest BCUT2D eigenvalue weighted by molar-refractivity contribution is 0.466. The summed E-state index contributed by atoms with van der Waals surface area (Å²) in [6.07, 6.45) is 1.09. The quantitative estimate of drug-likeness (QED) is 0.633. The van der Waals surface area contributed by atoms with E-state index in [1.54, 1.807) is 0 Å². The van der Waals surface area contributed by atoms with Crippen molar-refractivity contribution in [3.8, 4) is 11.5 Å². The van der Waals surface area contributed by atoms with Crippen molar-refractivity contribution < 1.29 is 4.74 Å². The number of rotatable bonds is 5. The number of ether oxygens (including phenoxy) is 1. The number of hydrogen-bond acceptors (Lipinski definition) is 1. The van der Waals surface area contributed by atoms with Crippen LogP contribution in [0.4, 0.5) is 0 Å². The summed E-state index contributed by atoms with van der Waals surface area (Å²) in [6, 6.07) is 16.1.